The Morgan fingerprint density at radius 3 is 2.42 bits per heavy atom. The van der Waals surface area contributed by atoms with Crippen molar-refractivity contribution in [1.29, 1.82) is 0 Å². The Bertz CT molecular complexity index is 1440. The molecule has 2 heterocycles. The molecule has 0 saturated heterocycles. The van der Waals surface area contributed by atoms with Gasteiger partial charge in [-0.3, -0.25) is 0 Å². The van der Waals surface area contributed by atoms with E-state index in [-0.39, 0.29) is 5.82 Å². The molecule has 7 heteroatoms. The molecule has 0 amide bonds. The maximum Gasteiger partial charge on any atom is 0.336 e. The van der Waals surface area contributed by atoms with Crippen molar-refractivity contribution in [2.75, 3.05) is 0 Å². The van der Waals surface area contributed by atoms with Gasteiger partial charge in [-0.2, -0.15) is 0 Å². The molecular weight excluding hydrogens is 420 g/mol. The third-order valence-electron chi connectivity index (χ3n) is 4.71. The van der Waals surface area contributed by atoms with Crippen LogP contribution >= 0.6 is 11.8 Å². The molecule has 0 N–H and O–H groups in total. The molecule has 0 saturated carbocycles. The lowest BCUT2D eigenvalue weighted by Crippen LogP contribution is -1.98. The second-order valence-corrected chi connectivity index (χ2v) is 7.94. The van der Waals surface area contributed by atoms with Crippen LogP contribution in [0.5, 0.6) is 0 Å². The van der Waals surface area contributed by atoms with Crippen LogP contribution in [0.25, 0.3) is 33.4 Å². The summed E-state index contributed by atoms with van der Waals surface area (Å²) in [5.41, 5.74) is 2.39. The molecule has 0 unspecified atom stereocenters. The van der Waals surface area contributed by atoms with Gasteiger partial charge in [0.1, 0.15) is 29.2 Å². The first kappa shape index (κ1) is 19.3. The Labute approximate surface area is 179 Å². The van der Waals surface area contributed by atoms with Crippen molar-refractivity contribution in [2.24, 2.45) is 0 Å². The number of hydrogen-bond donors (Lipinski definition) is 0. The van der Waals surface area contributed by atoms with Crippen LogP contribution in [0.4, 0.5) is 8.78 Å². The van der Waals surface area contributed by atoms with Gasteiger partial charge in [0.2, 0.25) is 0 Å². The minimum Gasteiger partial charge on any atom is -0.451 e. The third kappa shape index (κ3) is 4.00. The zero-order valence-corrected chi connectivity index (χ0v) is 16.7. The molecule has 4 nitrogen and oxygen atoms in total. The van der Waals surface area contributed by atoms with Crippen LogP contribution in [0, 0.1) is 11.6 Å². The summed E-state index contributed by atoms with van der Waals surface area (Å²) in [7, 11) is 0. The normalized spacial score (nSPS) is 11.2. The van der Waals surface area contributed by atoms with Gasteiger partial charge in [0.25, 0.3) is 0 Å². The number of hydrogen-bond acceptors (Lipinski definition) is 5. The molecule has 2 aromatic heterocycles. The summed E-state index contributed by atoms with van der Waals surface area (Å²) in [5.74, 6) is -0.748. The summed E-state index contributed by atoms with van der Waals surface area (Å²) in [6.07, 6.45) is 2.75. The second kappa shape index (κ2) is 7.85. The zero-order chi connectivity index (χ0) is 21.4. The van der Waals surface area contributed by atoms with E-state index in [2.05, 4.69) is 4.98 Å². The highest BCUT2D eigenvalue weighted by Crippen LogP contribution is 2.35. The molecule has 31 heavy (non-hydrogen) atoms. The molecule has 5 rings (SSSR count). The first-order valence-corrected chi connectivity index (χ1v) is 10.1. The molecule has 0 aliphatic heterocycles. The lowest BCUT2D eigenvalue weighted by atomic mass is 10.1. The van der Waals surface area contributed by atoms with Gasteiger partial charge in [0.15, 0.2) is 6.39 Å². The quantitative estimate of drug-likeness (QED) is 0.301. The van der Waals surface area contributed by atoms with Gasteiger partial charge in [-0.1, -0.05) is 23.9 Å². The van der Waals surface area contributed by atoms with Crippen molar-refractivity contribution in [2.45, 2.75) is 9.79 Å². The third-order valence-corrected chi connectivity index (χ3v) is 5.67. The number of rotatable bonds is 4. The molecule has 0 atom stereocenters. The first-order chi connectivity index (χ1) is 15.0. The number of benzene rings is 3. The SMILES string of the molecule is O=c1cc(-c2cocn2)c2ccc(Sc3cc(F)cc(-c4ccc(F)cc4)c3)cc2o1. The van der Waals surface area contributed by atoms with Gasteiger partial charge in [0, 0.05) is 26.8 Å². The van der Waals surface area contributed by atoms with E-state index in [0.717, 1.165) is 4.90 Å². The highest BCUT2D eigenvalue weighted by atomic mass is 32.2. The Morgan fingerprint density at radius 2 is 1.65 bits per heavy atom. The van der Waals surface area contributed by atoms with Crippen molar-refractivity contribution in [3.05, 3.63) is 101 Å². The predicted molar refractivity (Wildman–Crippen MR) is 114 cm³/mol. The van der Waals surface area contributed by atoms with Crippen molar-refractivity contribution in [3.63, 3.8) is 0 Å². The van der Waals surface area contributed by atoms with Crippen molar-refractivity contribution >= 4 is 22.7 Å². The molecule has 152 valence electrons. The van der Waals surface area contributed by atoms with Crippen LogP contribution < -0.4 is 5.63 Å². The fourth-order valence-electron chi connectivity index (χ4n) is 3.33. The number of halogens is 2. The van der Waals surface area contributed by atoms with Gasteiger partial charge in [-0.15, -0.1) is 0 Å². The van der Waals surface area contributed by atoms with Gasteiger partial charge in [-0.05, 0) is 59.7 Å². The van der Waals surface area contributed by atoms with E-state index in [1.807, 2.05) is 18.2 Å². The molecular formula is C24H13F2NO3S. The van der Waals surface area contributed by atoms with Gasteiger partial charge in [0.05, 0.1) is 0 Å². The molecule has 0 aliphatic rings. The van der Waals surface area contributed by atoms with Crippen LogP contribution in [-0.4, -0.2) is 4.98 Å². The monoisotopic (exact) mass is 433 g/mol. The molecule has 0 aliphatic carbocycles. The van der Waals surface area contributed by atoms with Crippen molar-refractivity contribution in [3.8, 4) is 22.4 Å². The summed E-state index contributed by atoms with van der Waals surface area (Å²) in [6, 6.07) is 17.3. The smallest absolute Gasteiger partial charge is 0.336 e. The topological polar surface area (TPSA) is 56.2 Å². The first-order valence-electron chi connectivity index (χ1n) is 9.26. The van der Waals surface area contributed by atoms with E-state index in [4.69, 9.17) is 8.83 Å². The fraction of sp³-hybridized carbons (Fsp3) is 0. The number of fused-ring (bicyclic) bond motifs is 1. The van der Waals surface area contributed by atoms with Crippen LogP contribution in [0.15, 0.2) is 103 Å². The summed E-state index contributed by atoms with van der Waals surface area (Å²) >= 11 is 1.33. The number of aromatic nitrogens is 1. The van der Waals surface area contributed by atoms with E-state index in [0.29, 0.717) is 38.2 Å². The summed E-state index contributed by atoms with van der Waals surface area (Å²) in [4.78, 5) is 17.6. The van der Waals surface area contributed by atoms with Gasteiger partial charge < -0.3 is 8.83 Å². The Hall–Kier alpha value is -3.71. The molecule has 0 spiro atoms. The summed E-state index contributed by atoms with van der Waals surface area (Å²) in [5, 5.41) is 0.712. The number of oxazole rings is 1. The molecule has 0 fully saturated rings. The maximum atomic E-state index is 14.2. The summed E-state index contributed by atoms with van der Waals surface area (Å²) < 4.78 is 37.8. The van der Waals surface area contributed by atoms with E-state index >= 15 is 0 Å². The highest BCUT2D eigenvalue weighted by molar-refractivity contribution is 7.99. The molecule has 5 aromatic rings. The average molecular weight is 433 g/mol. The lowest BCUT2D eigenvalue weighted by molar-refractivity contribution is 0.557. The molecule has 0 bridgehead atoms. The van der Waals surface area contributed by atoms with E-state index in [1.165, 1.54) is 54.8 Å². The largest absolute Gasteiger partial charge is 0.451 e. The van der Waals surface area contributed by atoms with Crippen molar-refractivity contribution in [1.82, 2.24) is 4.98 Å². The Morgan fingerprint density at radius 1 is 0.806 bits per heavy atom. The van der Waals surface area contributed by atoms with E-state index in [9.17, 15) is 13.6 Å². The highest BCUT2D eigenvalue weighted by Gasteiger charge is 2.12. The Kier molecular flexibility index (Phi) is 4.88. The van der Waals surface area contributed by atoms with Gasteiger partial charge >= 0.3 is 5.63 Å². The number of nitrogens with zero attached hydrogens (tertiary/aromatic N) is 1. The van der Waals surface area contributed by atoms with Crippen LogP contribution in [0.1, 0.15) is 0 Å². The Balaban J connectivity index is 1.52. The standard InChI is InChI=1S/C24H13F2NO3S/c25-16-3-1-14(2-4-16)15-7-17(26)9-19(8-15)31-18-5-6-20-21(22-12-29-13-27-22)11-24(28)30-23(20)10-18/h1-13H. The van der Waals surface area contributed by atoms with Crippen LogP contribution in [-0.2, 0) is 0 Å². The summed E-state index contributed by atoms with van der Waals surface area (Å²) in [6.45, 7) is 0. The average Bonchev–Trinajstić information content (AvgIpc) is 3.28. The predicted octanol–water partition coefficient (Wildman–Crippen LogP) is 6.54. The lowest BCUT2D eigenvalue weighted by Gasteiger charge is -2.08. The zero-order valence-electron chi connectivity index (χ0n) is 15.8. The maximum absolute atomic E-state index is 14.2. The van der Waals surface area contributed by atoms with Crippen molar-refractivity contribution < 1.29 is 17.6 Å². The molecule has 3 aromatic carbocycles. The van der Waals surface area contributed by atoms with Gasteiger partial charge in [-0.25, -0.2) is 18.6 Å². The van der Waals surface area contributed by atoms with E-state index < -0.39 is 11.4 Å². The fourth-order valence-corrected chi connectivity index (χ4v) is 4.26. The molecule has 0 radical (unpaired) electrons. The minimum absolute atomic E-state index is 0.350. The van der Waals surface area contributed by atoms with E-state index in [1.54, 1.807) is 18.2 Å². The van der Waals surface area contributed by atoms with Crippen LogP contribution in [0.3, 0.4) is 0 Å². The minimum atomic E-state index is -0.503. The van der Waals surface area contributed by atoms with Crippen LogP contribution in [0.2, 0.25) is 0 Å². The second-order valence-electron chi connectivity index (χ2n) is 6.80.